The van der Waals surface area contributed by atoms with Gasteiger partial charge in [0, 0.05) is 38.6 Å². The van der Waals surface area contributed by atoms with Crippen molar-refractivity contribution in [1.29, 1.82) is 0 Å². The average Bonchev–Trinajstić information content (AvgIpc) is 2.73. The minimum absolute atomic E-state index is 0.0886. The first-order chi connectivity index (χ1) is 13.1. The quantitative estimate of drug-likeness (QED) is 0.865. The van der Waals surface area contributed by atoms with E-state index in [2.05, 4.69) is 0 Å². The Labute approximate surface area is 162 Å². The summed E-state index contributed by atoms with van der Waals surface area (Å²) in [4.78, 5) is 29.2. The molecule has 1 aromatic rings. The predicted octanol–water partition coefficient (Wildman–Crippen LogP) is 2.96. The number of hydrogen-bond donors (Lipinski definition) is 1. The maximum atomic E-state index is 12.8. The third-order valence-corrected chi connectivity index (χ3v) is 6.24. The molecule has 0 radical (unpaired) electrons. The van der Waals surface area contributed by atoms with Gasteiger partial charge in [0.2, 0.25) is 11.8 Å². The van der Waals surface area contributed by atoms with Gasteiger partial charge in [0.1, 0.15) is 0 Å². The highest BCUT2D eigenvalue weighted by Gasteiger charge is 2.30. The van der Waals surface area contributed by atoms with Gasteiger partial charge in [-0.15, -0.1) is 0 Å². The van der Waals surface area contributed by atoms with Gasteiger partial charge < -0.3 is 15.5 Å². The molecule has 1 aliphatic heterocycles. The molecule has 1 aliphatic carbocycles. The van der Waals surface area contributed by atoms with Crippen LogP contribution in [0.1, 0.15) is 57.1 Å². The molecular weight excluding hydrogens is 338 g/mol. The summed E-state index contributed by atoms with van der Waals surface area (Å²) in [5, 5.41) is 0. The minimum atomic E-state index is -0.301. The van der Waals surface area contributed by atoms with Gasteiger partial charge in [-0.3, -0.25) is 9.59 Å². The fourth-order valence-corrected chi connectivity index (χ4v) is 4.35. The molecule has 2 N–H and O–H groups in total. The van der Waals surface area contributed by atoms with Crippen LogP contribution in [0.4, 0.5) is 0 Å². The molecule has 27 heavy (non-hydrogen) atoms. The van der Waals surface area contributed by atoms with E-state index in [9.17, 15) is 9.59 Å². The molecule has 2 unspecified atom stereocenters. The molecule has 2 atom stereocenters. The van der Waals surface area contributed by atoms with Crippen LogP contribution in [0.25, 0.3) is 0 Å². The Hall–Kier alpha value is -1.88. The third kappa shape index (κ3) is 5.10. The van der Waals surface area contributed by atoms with Crippen LogP contribution in [0.2, 0.25) is 0 Å². The molecule has 0 aromatic heterocycles. The number of hydrogen-bond acceptors (Lipinski definition) is 3. The normalized spacial score (nSPS) is 21.0. The zero-order valence-corrected chi connectivity index (χ0v) is 16.5. The van der Waals surface area contributed by atoms with E-state index < -0.39 is 0 Å². The molecule has 0 spiro atoms. The summed E-state index contributed by atoms with van der Waals surface area (Å²) in [5.74, 6) is 0.653. The van der Waals surface area contributed by atoms with Crippen molar-refractivity contribution in [3.63, 3.8) is 0 Å². The van der Waals surface area contributed by atoms with Crippen LogP contribution in [-0.4, -0.2) is 47.8 Å². The largest absolute Gasteiger partial charge is 0.339 e. The molecule has 1 aromatic carbocycles. The Morgan fingerprint density at radius 3 is 2.22 bits per heavy atom. The third-order valence-electron chi connectivity index (χ3n) is 6.24. The van der Waals surface area contributed by atoms with Crippen LogP contribution in [0.3, 0.4) is 0 Å². The maximum Gasteiger partial charge on any atom is 0.227 e. The van der Waals surface area contributed by atoms with Gasteiger partial charge in [-0.05, 0) is 24.3 Å². The number of carbonyl (C=O) groups excluding carboxylic acids is 2. The summed E-state index contributed by atoms with van der Waals surface area (Å²) < 4.78 is 0. The average molecular weight is 372 g/mol. The van der Waals surface area contributed by atoms with Crippen LogP contribution < -0.4 is 5.73 Å². The molecule has 1 heterocycles. The Bertz CT molecular complexity index is 620. The molecule has 5 nitrogen and oxygen atoms in total. The van der Waals surface area contributed by atoms with Crippen LogP contribution in [0.15, 0.2) is 30.3 Å². The van der Waals surface area contributed by atoms with E-state index in [1.807, 2.05) is 47.1 Å². The minimum Gasteiger partial charge on any atom is -0.339 e. The van der Waals surface area contributed by atoms with Crippen molar-refractivity contribution < 1.29 is 9.59 Å². The van der Waals surface area contributed by atoms with E-state index in [1.165, 1.54) is 32.1 Å². The van der Waals surface area contributed by atoms with Crippen molar-refractivity contribution in [2.45, 2.75) is 51.5 Å². The summed E-state index contributed by atoms with van der Waals surface area (Å²) in [6.45, 7) is 4.41. The van der Waals surface area contributed by atoms with Crippen LogP contribution in [-0.2, 0) is 9.59 Å². The monoisotopic (exact) mass is 371 g/mol. The highest BCUT2D eigenvalue weighted by Crippen LogP contribution is 2.27. The molecule has 1 saturated heterocycles. The van der Waals surface area contributed by atoms with E-state index >= 15 is 0 Å². The van der Waals surface area contributed by atoms with Gasteiger partial charge in [-0.1, -0.05) is 56.5 Å². The lowest BCUT2D eigenvalue weighted by Gasteiger charge is -2.37. The number of rotatable bonds is 5. The fourth-order valence-electron chi connectivity index (χ4n) is 4.35. The van der Waals surface area contributed by atoms with Crippen molar-refractivity contribution in [2.75, 3.05) is 26.2 Å². The van der Waals surface area contributed by atoms with E-state index in [0.29, 0.717) is 38.5 Å². The first-order valence-electron chi connectivity index (χ1n) is 10.4. The van der Waals surface area contributed by atoms with E-state index in [4.69, 9.17) is 5.73 Å². The number of nitrogens with zero attached hydrogens (tertiary/aromatic N) is 2. The number of amides is 2. The SMILES string of the molecule is CC(C(=O)N1CCN(C(=O)CC2CCCCC2)CC1)C(N)c1ccccc1. The first-order valence-corrected chi connectivity index (χ1v) is 10.4. The van der Waals surface area contributed by atoms with Gasteiger partial charge in [0.15, 0.2) is 0 Å². The van der Waals surface area contributed by atoms with Crippen molar-refractivity contribution in [2.24, 2.45) is 17.6 Å². The van der Waals surface area contributed by atoms with Gasteiger partial charge in [0.05, 0.1) is 5.92 Å². The lowest BCUT2D eigenvalue weighted by atomic mass is 9.86. The summed E-state index contributed by atoms with van der Waals surface area (Å²) in [6, 6.07) is 9.48. The molecule has 1 saturated carbocycles. The highest BCUT2D eigenvalue weighted by atomic mass is 16.2. The molecule has 2 amide bonds. The molecule has 2 fully saturated rings. The zero-order valence-electron chi connectivity index (χ0n) is 16.5. The van der Waals surface area contributed by atoms with Gasteiger partial charge >= 0.3 is 0 Å². The predicted molar refractivity (Wildman–Crippen MR) is 107 cm³/mol. The molecule has 148 valence electrons. The maximum absolute atomic E-state index is 12.8. The summed E-state index contributed by atoms with van der Waals surface area (Å²) >= 11 is 0. The number of carbonyl (C=O) groups is 2. The Kier molecular flexibility index (Phi) is 6.89. The van der Waals surface area contributed by atoms with Crippen molar-refractivity contribution >= 4 is 11.8 Å². The molecule has 5 heteroatoms. The molecule has 2 aliphatic rings. The van der Waals surface area contributed by atoms with E-state index in [0.717, 1.165) is 5.56 Å². The second-order valence-corrected chi connectivity index (χ2v) is 8.14. The van der Waals surface area contributed by atoms with Crippen molar-refractivity contribution in [3.8, 4) is 0 Å². The highest BCUT2D eigenvalue weighted by molar-refractivity contribution is 5.80. The van der Waals surface area contributed by atoms with E-state index in [1.54, 1.807) is 0 Å². The topological polar surface area (TPSA) is 66.6 Å². The number of nitrogens with two attached hydrogens (primary N) is 1. The fraction of sp³-hybridized carbons (Fsp3) is 0.636. The second-order valence-electron chi connectivity index (χ2n) is 8.14. The molecule has 3 rings (SSSR count). The van der Waals surface area contributed by atoms with Crippen molar-refractivity contribution in [3.05, 3.63) is 35.9 Å². The Balaban J connectivity index is 1.47. The second kappa shape index (κ2) is 9.36. The lowest BCUT2D eigenvalue weighted by Crippen LogP contribution is -2.52. The summed E-state index contributed by atoms with van der Waals surface area (Å²) in [6.07, 6.45) is 6.91. The lowest BCUT2D eigenvalue weighted by molar-refractivity contribution is -0.142. The van der Waals surface area contributed by atoms with Crippen LogP contribution in [0.5, 0.6) is 0 Å². The Morgan fingerprint density at radius 2 is 1.59 bits per heavy atom. The number of benzene rings is 1. The van der Waals surface area contributed by atoms with Crippen LogP contribution in [0, 0.1) is 11.8 Å². The smallest absolute Gasteiger partial charge is 0.227 e. The van der Waals surface area contributed by atoms with E-state index in [-0.39, 0.29) is 23.8 Å². The zero-order chi connectivity index (χ0) is 19.2. The van der Waals surface area contributed by atoms with Gasteiger partial charge in [0.25, 0.3) is 0 Å². The first kappa shape index (κ1) is 19.9. The van der Waals surface area contributed by atoms with Crippen molar-refractivity contribution in [1.82, 2.24) is 9.80 Å². The molecular formula is C22H33N3O2. The number of piperazine rings is 1. The Morgan fingerprint density at radius 1 is 1.00 bits per heavy atom. The summed E-state index contributed by atoms with van der Waals surface area (Å²) in [5.41, 5.74) is 7.30. The standard InChI is InChI=1S/C22H33N3O2/c1-17(21(23)19-10-6-3-7-11-19)22(27)25-14-12-24(13-15-25)20(26)16-18-8-4-2-5-9-18/h3,6-7,10-11,17-18,21H,2,4-5,8-9,12-16,23H2,1H3. The van der Waals surface area contributed by atoms with Crippen LogP contribution >= 0.6 is 0 Å². The summed E-state index contributed by atoms with van der Waals surface area (Å²) in [7, 11) is 0. The molecule has 0 bridgehead atoms. The van der Waals surface area contributed by atoms with Gasteiger partial charge in [-0.25, -0.2) is 0 Å². The van der Waals surface area contributed by atoms with Gasteiger partial charge in [-0.2, -0.15) is 0 Å².